The number of allylic oxidation sites excluding steroid dienone is 1. The highest BCUT2D eigenvalue weighted by atomic mass is 35.5. The van der Waals surface area contributed by atoms with E-state index in [1.807, 2.05) is 6.08 Å². The summed E-state index contributed by atoms with van der Waals surface area (Å²) in [5.74, 6) is 0.699. The van der Waals surface area contributed by atoms with E-state index in [-0.39, 0.29) is 5.41 Å². The first-order valence-electron chi connectivity index (χ1n) is 5.38. The number of hydrogen-bond acceptors (Lipinski definition) is 0. The molecule has 0 amide bonds. The normalized spacial score (nSPS) is 15.3. The monoisotopic (exact) mass is 202 g/mol. The molecule has 0 saturated carbocycles. The SMILES string of the molecule is C=CC(C)(CCl)CCCCCCC. The van der Waals surface area contributed by atoms with Gasteiger partial charge in [0.1, 0.15) is 0 Å². The van der Waals surface area contributed by atoms with Gasteiger partial charge in [-0.2, -0.15) is 0 Å². The van der Waals surface area contributed by atoms with Gasteiger partial charge in [-0.25, -0.2) is 0 Å². The first-order valence-corrected chi connectivity index (χ1v) is 5.91. The van der Waals surface area contributed by atoms with E-state index in [2.05, 4.69) is 20.4 Å². The third-order valence-electron chi connectivity index (χ3n) is 2.65. The zero-order valence-electron chi connectivity index (χ0n) is 9.11. The Balaban J connectivity index is 3.44. The highest BCUT2D eigenvalue weighted by molar-refractivity contribution is 6.18. The average molecular weight is 203 g/mol. The summed E-state index contributed by atoms with van der Waals surface area (Å²) in [4.78, 5) is 0. The van der Waals surface area contributed by atoms with Crippen molar-refractivity contribution in [2.24, 2.45) is 5.41 Å². The van der Waals surface area contributed by atoms with Crippen LogP contribution in [0.5, 0.6) is 0 Å². The maximum atomic E-state index is 5.88. The summed E-state index contributed by atoms with van der Waals surface area (Å²) in [6, 6.07) is 0. The van der Waals surface area contributed by atoms with E-state index in [0.717, 1.165) is 0 Å². The van der Waals surface area contributed by atoms with E-state index in [1.54, 1.807) is 0 Å². The van der Waals surface area contributed by atoms with Crippen LogP contribution in [0, 0.1) is 5.41 Å². The van der Waals surface area contributed by atoms with Crippen LogP contribution in [0.1, 0.15) is 52.4 Å². The number of unbranched alkanes of at least 4 members (excludes halogenated alkanes) is 4. The van der Waals surface area contributed by atoms with Crippen LogP contribution in [-0.4, -0.2) is 5.88 Å². The molecule has 1 heteroatoms. The smallest absolute Gasteiger partial charge is 0.0311 e. The zero-order valence-corrected chi connectivity index (χ0v) is 9.87. The summed E-state index contributed by atoms with van der Waals surface area (Å²) in [6.07, 6.45) is 9.86. The fraction of sp³-hybridized carbons (Fsp3) is 0.833. The van der Waals surface area contributed by atoms with Crippen molar-refractivity contribution in [3.05, 3.63) is 12.7 Å². The van der Waals surface area contributed by atoms with Gasteiger partial charge < -0.3 is 0 Å². The topological polar surface area (TPSA) is 0 Å². The first-order chi connectivity index (χ1) is 6.18. The summed E-state index contributed by atoms with van der Waals surface area (Å²) in [5, 5.41) is 0. The zero-order chi connectivity index (χ0) is 10.2. The summed E-state index contributed by atoms with van der Waals surface area (Å²) in [5.41, 5.74) is 0.160. The number of halogens is 1. The van der Waals surface area contributed by atoms with Crippen LogP contribution < -0.4 is 0 Å². The molecule has 0 spiro atoms. The van der Waals surface area contributed by atoms with Gasteiger partial charge in [-0.05, 0) is 11.8 Å². The molecule has 1 atom stereocenters. The molecule has 13 heavy (non-hydrogen) atoms. The molecule has 0 nitrogen and oxygen atoms in total. The van der Waals surface area contributed by atoms with Gasteiger partial charge in [0.05, 0.1) is 0 Å². The van der Waals surface area contributed by atoms with E-state index in [4.69, 9.17) is 11.6 Å². The van der Waals surface area contributed by atoms with Crippen LogP contribution in [0.2, 0.25) is 0 Å². The summed E-state index contributed by atoms with van der Waals surface area (Å²) in [7, 11) is 0. The van der Waals surface area contributed by atoms with Crippen LogP contribution in [0.4, 0.5) is 0 Å². The van der Waals surface area contributed by atoms with Crippen LogP contribution in [0.15, 0.2) is 12.7 Å². The molecule has 0 aliphatic heterocycles. The van der Waals surface area contributed by atoms with E-state index in [9.17, 15) is 0 Å². The molecule has 0 aliphatic carbocycles. The second-order valence-corrected chi connectivity index (χ2v) is 4.42. The van der Waals surface area contributed by atoms with Gasteiger partial charge in [-0.15, -0.1) is 18.2 Å². The molecule has 0 rings (SSSR count). The highest BCUT2D eigenvalue weighted by Gasteiger charge is 2.17. The van der Waals surface area contributed by atoms with E-state index in [0.29, 0.717) is 5.88 Å². The first kappa shape index (κ1) is 13.0. The Kier molecular flexibility index (Phi) is 7.45. The molecule has 0 aromatic carbocycles. The van der Waals surface area contributed by atoms with Crippen LogP contribution in [0.25, 0.3) is 0 Å². The number of alkyl halides is 1. The summed E-state index contributed by atoms with van der Waals surface area (Å²) >= 11 is 5.88. The van der Waals surface area contributed by atoms with Crippen LogP contribution in [-0.2, 0) is 0 Å². The molecular formula is C12H23Cl. The van der Waals surface area contributed by atoms with Crippen molar-refractivity contribution < 1.29 is 0 Å². The molecule has 0 saturated heterocycles. The van der Waals surface area contributed by atoms with Gasteiger partial charge in [-0.3, -0.25) is 0 Å². The van der Waals surface area contributed by atoms with Crippen molar-refractivity contribution in [2.75, 3.05) is 5.88 Å². The van der Waals surface area contributed by atoms with Crippen molar-refractivity contribution in [3.8, 4) is 0 Å². The lowest BCUT2D eigenvalue weighted by Gasteiger charge is -2.22. The quantitative estimate of drug-likeness (QED) is 0.302. The molecule has 0 N–H and O–H groups in total. The number of hydrogen-bond donors (Lipinski definition) is 0. The lowest BCUT2D eigenvalue weighted by Crippen LogP contribution is -2.14. The Morgan fingerprint density at radius 2 is 1.85 bits per heavy atom. The Morgan fingerprint density at radius 1 is 1.23 bits per heavy atom. The maximum Gasteiger partial charge on any atom is 0.0311 e. The van der Waals surface area contributed by atoms with Crippen LogP contribution in [0.3, 0.4) is 0 Å². The molecular weight excluding hydrogens is 180 g/mol. The highest BCUT2D eigenvalue weighted by Crippen LogP contribution is 2.27. The molecule has 0 aliphatic rings. The molecule has 0 heterocycles. The predicted octanol–water partition coefficient (Wildman–Crippen LogP) is 4.78. The second kappa shape index (κ2) is 7.44. The van der Waals surface area contributed by atoms with Crippen molar-refractivity contribution in [1.29, 1.82) is 0 Å². The fourth-order valence-corrected chi connectivity index (χ4v) is 1.60. The van der Waals surface area contributed by atoms with Crippen molar-refractivity contribution in [2.45, 2.75) is 52.4 Å². The Bertz CT molecular complexity index is 131. The molecule has 0 radical (unpaired) electrons. The van der Waals surface area contributed by atoms with Crippen molar-refractivity contribution >= 4 is 11.6 Å². The van der Waals surface area contributed by atoms with Crippen molar-refractivity contribution in [3.63, 3.8) is 0 Å². The van der Waals surface area contributed by atoms with Crippen LogP contribution >= 0.6 is 11.6 Å². The minimum absolute atomic E-state index is 0.160. The van der Waals surface area contributed by atoms with Gasteiger partial charge in [0.25, 0.3) is 0 Å². The molecule has 0 aromatic heterocycles. The van der Waals surface area contributed by atoms with E-state index < -0.39 is 0 Å². The summed E-state index contributed by atoms with van der Waals surface area (Å²) < 4.78 is 0. The fourth-order valence-electron chi connectivity index (χ4n) is 1.36. The Hall–Kier alpha value is 0.0300. The predicted molar refractivity (Wildman–Crippen MR) is 62.4 cm³/mol. The van der Waals surface area contributed by atoms with E-state index >= 15 is 0 Å². The van der Waals surface area contributed by atoms with Gasteiger partial charge in [0.2, 0.25) is 0 Å². The minimum atomic E-state index is 0.160. The standard InChI is InChI=1S/C12H23Cl/c1-4-6-7-8-9-10-12(3,5-2)11-13/h5H,2,4,6-11H2,1,3H3. The minimum Gasteiger partial charge on any atom is -0.126 e. The third-order valence-corrected chi connectivity index (χ3v) is 3.26. The average Bonchev–Trinajstić information content (AvgIpc) is 2.17. The van der Waals surface area contributed by atoms with E-state index in [1.165, 1.54) is 38.5 Å². The summed E-state index contributed by atoms with van der Waals surface area (Å²) in [6.45, 7) is 8.26. The maximum absolute atomic E-state index is 5.88. The molecule has 0 fully saturated rings. The third kappa shape index (κ3) is 6.15. The van der Waals surface area contributed by atoms with Gasteiger partial charge >= 0.3 is 0 Å². The molecule has 1 unspecified atom stereocenters. The van der Waals surface area contributed by atoms with Crippen molar-refractivity contribution in [1.82, 2.24) is 0 Å². The van der Waals surface area contributed by atoms with Gasteiger partial charge in [-0.1, -0.05) is 52.0 Å². The number of rotatable bonds is 8. The lowest BCUT2D eigenvalue weighted by atomic mass is 9.87. The largest absolute Gasteiger partial charge is 0.126 e. The Morgan fingerprint density at radius 3 is 2.31 bits per heavy atom. The molecule has 0 bridgehead atoms. The Labute approximate surface area is 88.4 Å². The van der Waals surface area contributed by atoms with Gasteiger partial charge in [0, 0.05) is 5.88 Å². The second-order valence-electron chi connectivity index (χ2n) is 4.16. The molecule has 78 valence electrons. The molecule has 0 aromatic rings. The van der Waals surface area contributed by atoms with Gasteiger partial charge in [0.15, 0.2) is 0 Å². The lowest BCUT2D eigenvalue weighted by molar-refractivity contribution is 0.415.